The number of carbonyl (C=O) groups is 1. The Morgan fingerprint density at radius 2 is 1.92 bits per heavy atom. The van der Waals surface area contributed by atoms with Gasteiger partial charge in [-0.1, -0.05) is 36.4 Å². The summed E-state index contributed by atoms with van der Waals surface area (Å²) in [5.74, 6) is -0.0339. The third-order valence-electron chi connectivity index (χ3n) is 4.66. The summed E-state index contributed by atoms with van der Waals surface area (Å²) in [6.07, 6.45) is 0.976. The van der Waals surface area contributed by atoms with Crippen LogP contribution in [0, 0.1) is 0 Å². The molecule has 1 aliphatic rings. The van der Waals surface area contributed by atoms with Crippen molar-refractivity contribution in [3.8, 4) is 11.1 Å². The molecule has 122 valence electrons. The lowest BCUT2D eigenvalue weighted by atomic mass is 10.0. The van der Waals surface area contributed by atoms with E-state index in [1.165, 1.54) is 5.56 Å². The number of rotatable bonds is 3. The highest BCUT2D eigenvalue weighted by Crippen LogP contribution is 2.25. The van der Waals surface area contributed by atoms with Crippen molar-refractivity contribution in [3.05, 3.63) is 60.3 Å². The first-order chi connectivity index (χ1) is 11.7. The van der Waals surface area contributed by atoms with E-state index in [0.717, 1.165) is 29.4 Å². The average Bonchev–Trinajstić information content (AvgIpc) is 3.21. The number of fused-ring (bicyclic) bond motifs is 1. The molecule has 1 aromatic heterocycles. The van der Waals surface area contributed by atoms with Crippen LogP contribution < -0.4 is 10.6 Å². The van der Waals surface area contributed by atoms with Crippen molar-refractivity contribution >= 4 is 16.8 Å². The Bertz CT molecular complexity index is 869. The summed E-state index contributed by atoms with van der Waals surface area (Å²) in [5.41, 5.74) is 3.94. The van der Waals surface area contributed by atoms with E-state index in [1.54, 1.807) is 0 Å². The first kappa shape index (κ1) is 15.0. The molecule has 24 heavy (non-hydrogen) atoms. The maximum atomic E-state index is 12.5. The summed E-state index contributed by atoms with van der Waals surface area (Å²) in [6.45, 7) is 2.98. The number of benzene rings is 2. The van der Waals surface area contributed by atoms with Crippen molar-refractivity contribution in [3.63, 3.8) is 0 Å². The van der Waals surface area contributed by atoms with Gasteiger partial charge in [-0.2, -0.15) is 0 Å². The second-order valence-corrected chi connectivity index (χ2v) is 6.57. The van der Waals surface area contributed by atoms with Gasteiger partial charge in [-0.25, -0.2) is 0 Å². The molecule has 0 aliphatic carbocycles. The predicted molar refractivity (Wildman–Crippen MR) is 97.1 cm³/mol. The lowest BCUT2D eigenvalue weighted by Crippen LogP contribution is -2.36. The van der Waals surface area contributed by atoms with E-state index >= 15 is 0 Å². The number of aromatic amines is 1. The summed E-state index contributed by atoms with van der Waals surface area (Å²) >= 11 is 0. The molecule has 0 saturated carbocycles. The smallest absolute Gasteiger partial charge is 0.267 e. The lowest BCUT2D eigenvalue weighted by Gasteiger charge is -2.10. The van der Waals surface area contributed by atoms with E-state index in [1.807, 2.05) is 30.3 Å². The number of H-pyrrole nitrogens is 1. The van der Waals surface area contributed by atoms with E-state index in [0.29, 0.717) is 11.7 Å². The zero-order chi connectivity index (χ0) is 16.5. The van der Waals surface area contributed by atoms with Gasteiger partial charge in [0.25, 0.3) is 5.91 Å². The van der Waals surface area contributed by atoms with Crippen molar-refractivity contribution in [1.82, 2.24) is 15.6 Å². The van der Waals surface area contributed by atoms with E-state index in [9.17, 15) is 4.79 Å². The quantitative estimate of drug-likeness (QED) is 0.694. The summed E-state index contributed by atoms with van der Waals surface area (Å²) in [6, 6.07) is 19.1. The summed E-state index contributed by atoms with van der Waals surface area (Å²) in [4.78, 5) is 15.7. The third kappa shape index (κ3) is 2.93. The molecule has 2 unspecified atom stereocenters. The largest absolute Gasteiger partial charge is 0.351 e. The summed E-state index contributed by atoms with van der Waals surface area (Å²) in [5, 5.41) is 7.51. The van der Waals surface area contributed by atoms with Gasteiger partial charge in [-0.15, -0.1) is 0 Å². The lowest BCUT2D eigenvalue weighted by molar-refractivity contribution is 0.0935. The molecule has 4 heteroatoms. The van der Waals surface area contributed by atoms with Crippen LogP contribution in [-0.4, -0.2) is 29.5 Å². The first-order valence-electron chi connectivity index (χ1n) is 8.41. The van der Waals surface area contributed by atoms with Gasteiger partial charge in [0.1, 0.15) is 5.69 Å². The zero-order valence-corrected chi connectivity index (χ0v) is 13.7. The van der Waals surface area contributed by atoms with Crippen LogP contribution in [-0.2, 0) is 0 Å². The van der Waals surface area contributed by atoms with Gasteiger partial charge in [0.15, 0.2) is 0 Å². The highest BCUT2D eigenvalue weighted by molar-refractivity contribution is 5.99. The molecule has 1 aliphatic heterocycles. The van der Waals surface area contributed by atoms with E-state index in [-0.39, 0.29) is 11.9 Å². The fourth-order valence-corrected chi connectivity index (χ4v) is 3.38. The molecule has 4 rings (SSSR count). The highest BCUT2D eigenvalue weighted by Gasteiger charge is 2.23. The maximum absolute atomic E-state index is 12.5. The van der Waals surface area contributed by atoms with Gasteiger partial charge in [-0.05, 0) is 42.7 Å². The molecular formula is C20H21N3O. The number of hydrogen-bond acceptors (Lipinski definition) is 2. The standard InChI is InChI=1S/C20H21N3O/c1-13-9-17(12-21-13)22-20(24)19-11-16-10-15(7-8-18(16)23-19)14-5-3-2-4-6-14/h2-8,10-11,13,17,21,23H,9,12H2,1H3,(H,22,24). The van der Waals surface area contributed by atoms with Gasteiger partial charge in [0.2, 0.25) is 0 Å². The number of carbonyl (C=O) groups excluding carboxylic acids is 1. The number of amides is 1. The SMILES string of the molecule is CC1CC(NC(=O)c2cc3cc(-c4ccccc4)ccc3[nH]2)CN1. The molecule has 3 N–H and O–H groups in total. The summed E-state index contributed by atoms with van der Waals surface area (Å²) in [7, 11) is 0. The Morgan fingerprint density at radius 3 is 2.67 bits per heavy atom. The molecule has 1 saturated heterocycles. The van der Waals surface area contributed by atoms with Crippen LogP contribution in [0.5, 0.6) is 0 Å². The number of aromatic nitrogens is 1. The summed E-state index contributed by atoms with van der Waals surface area (Å²) < 4.78 is 0. The molecule has 2 aromatic carbocycles. The predicted octanol–water partition coefficient (Wildman–Crippen LogP) is 3.32. The Morgan fingerprint density at radius 1 is 1.08 bits per heavy atom. The molecule has 2 heterocycles. The van der Waals surface area contributed by atoms with Gasteiger partial charge >= 0.3 is 0 Å². The third-order valence-corrected chi connectivity index (χ3v) is 4.66. The van der Waals surface area contributed by atoms with Crippen molar-refractivity contribution in [2.75, 3.05) is 6.54 Å². The van der Waals surface area contributed by atoms with Gasteiger partial charge in [-0.3, -0.25) is 4.79 Å². The van der Waals surface area contributed by atoms with Crippen molar-refractivity contribution in [1.29, 1.82) is 0 Å². The van der Waals surface area contributed by atoms with Crippen molar-refractivity contribution in [2.45, 2.75) is 25.4 Å². The minimum Gasteiger partial charge on any atom is -0.351 e. The van der Waals surface area contributed by atoms with Crippen LogP contribution in [0.2, 0.25) is 0 Å². The van der Waals surface area contributed by atoms with Crippen LogP contribution in [0.3, 0.4) is 0 Å². The monoisotopic (exact) mass is 319 g/mol. The highest BCUT2D eigenvalue weighted by atomic mass is 16.1. The van der Waals surface area contributed by atoms with Crippen LogP contribution >= 0.6 is 0 Å². The van der Waals surface area contributed by atoms with Crippen LogP contribution in [0.25, 0.3) is 22.0 Å². The molecule has 2 atom stereocenters. The minimum atomic E-state index is -0.0339. The zero-order valence-electron chi connectivity index (χ0n) is 13.7. The van der Waals surface area contributed by atoms with Crippen LogP contribution in [0.1, 0.15) is 23.8 Å². The van der Waals surface area contributed by atoms with Gasteiger partial charge < -0.3 is 15.6 Å². The number of hydrogen-bond donors (Lipinski definition) is 3. The molecular weight excluding hydrogens is 298 g/mol. The van der Waals surface area contributed by atoms with E-state index < -0.39 is 0 Å². The molecule has 0 spiro atoms. The maximum Gasteiger partial charge on any atom is 0.267 e. The Labute approximate surface area is 141 Å². The molecule has 1 amide bonds. The Hall–Kier alpha value is -2.59. The average molecular weight is 319 g/mol. The van der Waals surface area contributed by atoms with E-state index in [4.69, 9.17) is 0 Å². The topological polar surface area (TPSA) is 56.9 Å². The fourth-order valence-electron chi connectivity index (χ4n) is 3.38. The molecule has 1 fully saturated rings. The first-order valence-corrected chi connectivity index (χ1v) is 8.41. The van der Waals surface area contributed by atoms with Crippen LogP contribution in [0.15, 0.2) is 54.6 Å². The molecule has 0 bridgehead atoms. The van der Waals surface area contributed by atoms with Gasteiger partial charge in [0, 0.05) is 29.5 Å². The van der Waals surface area contributed by atoms with Crippen LogP contribution in [0.4, 0.5) is 0 Å². The fraction of sp³-hybridized carbons (Fsp3) is 0.250. The second kappa shape index (κ2) is 6.13. The number of nitrogens with one attached hydrogen (secondary N) is 3. The van der Waals surface area contributed by atoms with Crippen molar-refractivity contribution < 1.29 is 4.79 Å². The van der Waals surface area contributed by atoms with Crippen molar-refractivity contribution in [2.24, 2.45) is 0 Å². The molecule has 4 nitrogen and oxygen atoms in total. The molecule has 3 aromatic rings. The molecule has 0 radical (unpaired) electrons. The van der Waals surface area contributed by atoms with E-state index in [2.05, 4.69) is 46.8 Å². The normalized spacial score (nSPS) is 20.4. The second-order valence-electron chi connectivity index (χ2n) is 6.57. The Kier molecular flexibility index (Phi) is 3.82. The Balaban J connectivity index is 1.58. The minimum absolute atomic E-state index is 0.0339. The van der Waals surface area contributed by atoms with Gasteiger partial charge in [0.05, 0.1) is 0 Å².